The summed E-state index contributed by atoms with van der Waals surface area (Å²) >= 11 is 0. The predicted molar refractivity (Wildman–Crippen MR) is 107 cm³/mol. The fourth-order valence-electron chi connectivity index (χ4n) is 4.29. The molecule has 3 nitrogen and oxygen atoms in total. The van der Waals surface area contributed by atoms with Gasteiger partial charge in [-0.25, -0.2) is 4.39 Å². The summed E-state index contributed by atoms with van der Waals surface area (Å²) in [6.07, 6.45) is 1.29. The van der Waals surface area contributed by atoms with E-state index in [1.165, 1.54) is 30.9 Å². The summed E-state index contributed by atoms with van der Waals surface area (Å²) in [4.78, 5) is 7.44. The van der Waals surface area contributed by atoms with Crippen LogP contribution in [0, 0.1) is 11.7 Å². The molecule has 2 aromatic rings. The molecule has 1 fully saturated rings. The maximum Gasteiger partial charge on any atom is 0.123 e. The van der Waals surface area contributed by atoms with E-state index < -0.39 is 0 Å². The van der Waals surface area contributed by atoms with E-state index in [1.807, 2.05) is 12.1 Å². The zero-order chi connectivity index (χ0) is 18.1. The van der Waals surface area contributed by atoms with Crippen LogP contribution in [0.4, 0.5) is 21.5 Å². The van der Waals surface area contributed by atoms with Crippen molar-refractivity contribution in [2.75, 3.05) is 42.5 Å². The molecule has 4 heteroatoms. The van der Waals surface area contributed by atoms with E-state index in [0.717, 1.165) is 31.2 Å². The minimum absolute atomic E-state index is 0.184. The average Bonchev–Trinajstić information content (AvgIpc) is 3.12. The van der Waals surface area contributed by atoms with Crippen molar-refractivity contribution in [2.45, 2.75) is 26.3 Å². The van der Waals surface area contributed by atoms with E-state index in [-0.39, 0.29) is 5.82 Å². The SMILES string of the molecule is CC(C)N1CC[C@@H](CN2CCN(c3ccc(F)cc3)c3ccccc32)C1. The molecule has 4 rings (SSSR count). The van der Waals surface area contributed by atoms with Gasteiger partial charge in [0.1, 0.15) is 5.82 Å². The van der Waals surface area contributed by atoms with Crippen molar-refractivity contribution in [3.8, 4) is 0 Å². The standard InChI is InChI=1S/C22H28FN3/c1-17(2)24-12-11-18(15-24)16-25-13-14-26(20-9-7-19(23)8-10-20)22-6-4-3-5-21(22)25/h3-10,17-18H,11-16H2,1-2H3/t18-/m1/s1. The molecule has 0 bridgehead atoms. The van der Waals surface area contributed by atoms with E-state index >= 15 is 0 Å². The first-order valence-corrected chi connectivity index (χ1v) is 9.73. The third-order valence-electron chi connectivity index (χ3n) is 5.77. The highest BCUT2D eigenvalue weighted by Gasteiger charge is 2.29. The fourth-order valence-corrected chi connectivity index (χ4v) is 4.29. The second-order valence-electron chi connectivity index (χ2n) is 7.81. The second kappa shape index (κ2) is 7.28. The van der Waals surface area contributed by atoms with Crippen LogP contribution in [0.1, 0.15) is 20.3 Å². The number of rotatable bonds is 4. The Hall–Kier alpha value is -2.07. The number of anilines is 3. The van der Waals surface area contributed by atoms with Crippen LogP contribution in [-0.4, -0.2) is 43.7 Å². The third-order valence-corrected chi connectivity index (χ3v) is 5.77. The van der Waals surface area contributed by atoms with Gasteiger partial charge in [0.15, 0.2) is 0 Å². The van der Waals surface area contributed by atoms with Gasteiger partial charge in [0.2, 0.25) is 0 Å². The molecule has 0 amide bonds. The van der Waals surface area contributed by atoms with Gasteiger partial charge in [-0.15, -0.1) is 0 Å². The number of nitrogens with zero attached hydrogens (tertiary/aromatic N) is 3. The lowest BCUT2D eigenvalue weighted by molar-refractivity contribution is 0.265. The molecule has 138 valence electrons. The number of hydrogen-bond donors (Lipinski definition) is 0. The molecule has 1 atom stereocenters. The van der Waals surface area contributed by atoms with Crippen LogP contribution in [0.15, 0.2) is 48.5 Å². The quantitative estimate of drug-likeness (QED) is 0.800. The summed E-state index contributed by atoms with van der Waals surface area (Å²) in [6, 6.07) is 16.1. The summed E-state index contributed by atoms with van der Waals surface area (Å²) in [5.74, 6) is 0.555. The van der Waals surface area contributed by atoms with Gasteiger partial charge >= 0.3 is 0 Å². The van der Waals surface area contributed by atoms with E-state index in [0.29, 0.717) is 6.04 Å². The van der Waals surface area contributed by atoms with Gasteiger partial charge in [-0.1, -0.05) is 12.1 Å². The first-order chi connectivity index (χ1) is 12.6. The zero-order valence-electron chi connectivity index (χ0n) is 15.7. The molecule has 1 saturated heterocycles. The van der Waals surface area contributed by atoms with Crippen molar-refractivity contribution in [3.05, 3.63) is 54.3 Å². The molecule has 0 radical (unpaired) electrons. The molecule has 2 aromatic carbocycles. The van der Waals surface area contributed by atoms with Crippen molar-refractivity contribution >= 4 is 17.1 Å². The zero-order valence-corrected chi connectivity index (χ0v) is 15.7. The number of likely N-dealkylation sites (tertiary alicyclic amines) is 1. The molecule has 0 N–H and O–H groups in total. The van der Waals surface area contributed by atoms with Crippen LogP contribution in [0.3, 0.4) is 0 Å². The van der Waals surface area contributed by atoms with Crippen molar-refractivity contribution < 1.29 is 4.39 Å². The van der Waals surface area contributed by atoms with Crippen molar-refractivity contribution in [1.82, 2.24) is 4.90 Å². The molecule has 26 heavy (non-hydrogen) atoms. The Morgan fingerprint density at radius 2 is 1.69 bits per heavy atom. The van der Waals surface area contributed by atoms with E-state index in [1.54, 1.807) is 12.1 Å². The molecule has 2 aliphatic heterocycles. The lowest BCUT2D eigenvalue weighted by Gasteiger charge is -2.40. The Balaban J connectivity index is 1.53. The summed E-state index contributed by atoms with van der Waals surface area (Å²) in [5.41, 5.74) is 3.58. The monoisotopic (exact) mass is 353 g/mol. The summed E-state index contributed by atoms with van der Waals surface area (Å²) in [5, 5.41) is 0. The van der Waals surface area contributed by atoms with Crippen LogP contribution in [0.25, 0.3) is 0 Å². The molecule has 2 aliphatic rings. The minimum Gasteiger partial charge on any atom is -0.368 e. The van der Waals surface area contributed by atoms with Crippen LogP contribution in [0.2, 0.25) is 0 Å². The van der Waals surface area contributed by atoms with E-state index in [2.05, 4.69) is 52.8 Å². The lowest BCUT2D eigenvalue weighted by Crippen LogP contribution is -2.42. The summed E-state index contributed by atoms with van der Waals surface area (Å²) < 4.78 is 13.3. The molecule has 0 aromatic heterocycles. The molecule has 0 spiro atoms. The van der Waals surface area contributed by atoms with Crippen LogP contribution in [-0.2, 0) is 0 Å². The number of benzene rings is 2. The van der Waals surface area contributed by atoms with Gasteiger partial charge in [-0.3, -0.25) is 0 Å². The first kappa shape index (κ1) is 17.3. The van der Waals surface area contributed by atoms with Crippen molar-refractivity contribution in [3.63, 3.8) is 0 Å². The van der Waals surface area contributed by atoms with E-state index in [9.17, 15) is 4.39 Å². The maximum atomic E-state index is 13.3. The highest BCUT2D eigenvalue weighted by atomic mass is 19.1. The second-order valence-corrected chi connectivity index (χ2v) is 7.81. The summed E-state index contributed by atoms with van der Waals surface area (Å²) in [6.45, 7) is 10.1. The Kier molecular flexibility index (Phi) is 4.86. The van der Waals surface area contributed by atoms with Gasteiger partial charge in [-0.05, 0) is 69.1 Å². The molecule has 0 aliphatic carbocycles. The molecule has 0 unspecified atom stereocenters. The van der Waals surface area contributed by atoms with Crippen LogP contribution >= 0.6 is 0 Å². The number of halogens is 1. The average molecular weight is 353 g/mol. The summed E-state index contributed by atoms with van der Waals surface area (Å²) in [7, 11) is 0. The van der Waals surface area contributed by atoms with Crippen LogP contribution in [0.5, 0.6) is 0 Å². The highest BCUT2D eigenvalue weighted by Crippen LogP contribution is 2.38. The fraction of sp³-hybridized carbons (Fsp3) is 0.455. The maximum absolute atomic E-state index is 13.3. The lowest BCUT2D eigenvalue weighted by atomic mass is 10.1. The Labute approximate surface area is 156 Å². The van der Waals surface area contributed by atoms with Gasteiger partial charge in [0.05, 0.1) is 11.4 Å². The largest absolute Gasteiger partial charge is 0.368 e. The van der Waals surface area contributed by atoms with Crippen molar-refractivity contribution in [2.24, 2.45) is 5.92 Å². The Morgan fingerprint density at radius 1 is 0.962 bits per heavy atom. The van der Waals surface area contributed by atoms with Gasteiger partial charge < -0.3 is 14.7 Å². The number of fused-ring (bicyclic) bond motifs is 1. The molecule has 0 saturated carbocycles. The van der Waals surface area contributed by atoms with Crippen molar-refractivity contribution in [1.29, 1.82) is 0 Å². The predicted octanol–water partition coefficient (Wildman–Crippen LogP) is 4.51. The van der Waals surface area contributed by atoms with Gasteiger partial charge in [-0.2, -0.15) is 0 Å². The van der Waals surface area contributed by atoms with Gasteiger partial charge in [0.25, 0.3) is 0 Å². The van der Waals surface area contributed by atoms with E-state index in [4.69, 9.17) is 0 Å². The Bertz CT molecular complexity index is 743. The minimum atomic E-state index is -0.184. The number of para-hydroxylation sites is 2. The topological polar surface area (TPSA) is 9.72 Å². The molecular weight excluding hydrogens is 325 g/mol. The normalized spacial score (nSPS) is 20.7. The third kappa shape index (κ3) is 3.43. The molecular formula is C22H28FN3. The Morgan fingerprint density at radius 3 is 2.38 bits per heavy atom. The van der Waals surface area contributed by atoms with Crippen LogP contribution < -0.4 is 9.80 Å². The van der Waals surface area contributed by atoms with Gasteiger partial charge in [0, 0.05) is 37.9 Å². The molecule has 2 heterocycles. The number of hydrogen-bond acceptors (Lipinski definition) is 3. The smallest absolute Gasteiger partial charge is 0.123 e. The highest BCUT2D eigenvalue weighted by molar-refractivity contribution is 5.79. The first-order valence-electron chi connectivity index (χ1n) is 9.73.